The molecule has 8 nitrogen and oxygen atoms in total. The predicted molar refractivity (Wildman–Crippen MR) is 84.8 cm³/mol. The quantitative estimate of drug-likeness (QED) is 0.386. The number of nitrogens with zero attached hydrogens (tertiary/aromatic N) is 2. The Morgan fingerprint density at radius 1 is 1.43 bits per heavy atom. The Morgan fingerprint density at radius 2 is 2.26 bits per heavy atom. The number of hydrogen-bond donors (Lipinski definition) is 1. The molecule has 0 radical (unpaired) electrons. The van der Waals surface area contributed by atoms with Gasteiger partial charge in [-0.15, -0.1) is 20.2 Å². The Labute approximate surface area is 139 Å². The number of nitro groups is 1. The number of alkyl halides is 1. The Hall–Kier alpha value is -1.78. The maximum atomic E-state index is 11.4. The molecule has 2 aromatic carbocycles. The molecule has 2 aromatic rings. The van der Waals surface area contributed by atoms with Crippen LogP contribution in [0, 0.1) is 10.1 Å². The minimum atomic E-state index is -0.408. The van der Waals surface area contributed by atoms with Gasteiger partial charge in [-0.2, -0.15) is 0 Å². The molecule has 2 aliphatic heterocycles. The van der Waals surface area contributed by atoms with Crippen molar-refractivity contribution < 1.29 is 18.3 Å². The molecule has 120 valence electrons. The van der Waals surface area contributed by atoms with Gasteiger partial charge < -0.3 is 10.2 Å². The van der Waals surface area contributed by atoms with Gasteiger partial charge in [0.2, 0.25) is 12.3 Å². The molecule has 1 unspecified atom stereocenters. The minimum Gasteiger partial charge on any atom is -0.384 e. The van der Waals surface area contributed by atoms with E-state index in [9.17, 15) is 10.1 Å². The third-order valence-electron chi connectivity index (χ3n) is 3.82. The smallest absolute Gasteiger partial charge is 0.279 e. The first-order valence-electron chi connectivity index (χ1n) is 6.72. The van der Waals surface area contributed by atoms with Crippen molar-refractivity contribution >= 4 is 46.1 Å². The van der Waals surface area contributed by atoms with Gasteiger partial charge in [-0.3, -0.25) is 10.1 Å². The SMILES string of the molecule is O=[N+]([O-])c1cc2c(c3ccc(ON4OSO4)cc13)C(CCl)CN2. The van der Waals surface area contributed by atoms with Crippen molar-refractivity contribution in [3.63, 3.8) is 0 Å². The van der Waals surface area contributed by atoms with Gasteiger partial charge in [-0.1, -0.05) is 0 Å². The molecule has 0 aromatic heterocycles. The summed E-state index contributed by atoms with van der Waals surface area (Å²) in [5.41, 5.74) is 1.76. The zero-order chi connectivity index (χ0) is 16.0. The van der Waals surface area contributed by atoms with Crippen LogP contribution in [0.15, 0.2) is 24.3 Å². The molecule has 0 saturated carbocycles. The van der Waals surface area contributed by atoms with Crippen molar-refractivity contribution in [2.24, 2.45) is 0 Å². The number of nitrogens with one attached hydrogen (secondary N) is 1. The topological polar surface area (TPSA) is 86.1 Å². The van der Waals surface area contributed by atoms with E-state index in [1.165, 1.54) is 0 Å². The van der Waals surface area contributed by atoms with E-state index < -0.39 is 4.92 Å². The van der Waals surface area contributed by atoms with Gasteiger partial charge in [-0.25, -0.2) is 0 Å². The van der Waals surface area contributed by atoms with Gasteiger partial charge >= 0.3 is 0 Å². The van der Waals surface area contributed by atoms with Crippen LogP contribution < -0.4 is 10.2 Å². The van der Waals surface area contributed by atoms with Crippen LogP contribution in [0.3, 0.4) is 0 Å². The summed E-state index contributed by atoms with van der Waals surface area (Å²) >= 11 is 6.79. The zero-order valence-electron chi connectivity index (χ0n) is 11.5. The highest BCUT2D eigenvalue weighted by molar-refractivity contribution is 7.90. The molecule has 4 rings (SSSR count). The van der Waals surface area contributed by atoms with Gasteiger partial charge in [0.25, 0.3) is 5.69 Å². The fraction of sp³-hybridized carbons (Fsp3) is 0.231. The first kappa shape index (κ1) is 14.8. The van der Waals surface area contributed by atoms with E-state index in [0.29, 0.717) is 23.6 Å². The molecule has 0 spiro atoms. The number of nitro benzene ring substituents is 1. The van der Waals surface area contributed by atoms with Gasteiger partial charge in [-0.05, 0) is 29.1 Å². The zero-order valence-corrected chi connectivity index (χ0v) is 13.1. The van der Waals surface area contributed by atoms with Crippen molar-refractivity contribution in [1.29, 1.82) is 0 Å². The van der Waals surface area contributed by atoms with Crippen LogP contribution in [0.5, 0.6) is 5.75 Å². The molecule has 0 bridgehead atoms. The standard InChI is InChI=1S/C13H10ClN3O5S/c14-5-7-6-15-11-4-12(16(18)19)10-3-8(20-17-21-23-22-17)1-2-9(10)13(7)11/h1-4,7,15H,5-6H2. The number of rotatable bonds is 4. The van der Waals surface area contributed by atoms with Crippen molar-refractivity contribution in [2.75, 3.05) is 17.7 Å². The highest BCUT2D eigenvalue weighted by Crippen LogP contribution is 2.43. The van der Waals surface area contributed by atoms with Gasteiger partial charge in [0, 0.05) is 30.1 Å². The number of hydrogen-bond acceptors (Lipinski definition) is 8. The lowest BCUT2D eigenvalue weighted by atomic mass is 9.95. The van der Waals surface area contributed by atoms with E-state index in [2.05, 4.69) is 5.32 Å². The summed E-state index contributed by atoms with van der Waals surface area (Å²) in [6.45, 7) is 0.667. The average molecular weight is 356 g/mol. The van der Waals surface area contributed by atoms with Crippen molar-refractivity contribution in [2.45, 2.75) is 5.92 Å². The van der Waals surface area contributed by atoms with Gasteiger partial charge in [0.15, 0.2) is 11.1 Å². The Kier molecular flexibility index (Phi) is 3.66. The molecule has 23 heavy (non-hydrogen) atoms. The number of halogens is 1. The summed E-state index contributed by atoms with van der Waals surface area (Å²) < 4.78 is 9.55. The molecule has 1 fully saturated rings. The Morgan fingerprint density at radius 3 is 2.91 bits per heavy atom. The molecule has 2 aliphatic rings. The fourth-order valence-electron chi connectivity index (χ4n) is 2.84. The fourth-order valence-corrected chi connectivity index (χ4v) is 3.27. The number of non-ortho nitro benzene ring substituents is 1. The second-order valence-electron chi connectivity index (χ2n) is 5.09. The monoisotopic (exact) mass is 355 g/mol. The lowest BCUT2D eigenvalue weighted by Crippen LogP contribution is -2.30. The van der Waals surface area contributed by atoms with E-state index in [4.69, 9.17) is 25.0 Å². The van der Waals surface area contributed by atoms with Crippen LogP contribution >= 0.6 is 23.9 Å². The van der Waals surface area contributed by atoms with Crippen LogP contribution in [0.25, 0.3) is 10.8 Å². The van der Waals surface area contributed by atoms with E-state index in [-0.39, 0.29) is 11.6 Å². The van der Waals surface area contributed by atoms with Crippen LogP contribution in [0.4, 0.5) is 11.4 Å². The van der Waals surface area contributed by atoms with E-state index in [1.807, 2.05) is 0 Å². The maximum Gasteiger partial charge on any atom is 0.279 e. The van der Waals surface area contributed by atoms with Gasteiger partial charge in [0.05, 0.1) is 10.3 Å². The number of anilines is 1. The summed E-state index contributed by atoms with van der Waals surface area (Å²) in [6.07, 6.45) is 0. The van der Waals surface area contributed by atoms with Crippen LogP contribution in [0.1, 0.15) is 11.5 Å². The number of fused-ring (bicyclic) bond motifs is 3. The lowest BCUT2D eigenvalue weighted by molar-refractivity contribution is -0.446. The molecular formula is C13H10ClN3O5S. The summed E-state index contributed by atoms with van der Waals surface area (Å²) in [5.74, 6) is 0.923. The van der Waals surface area contributed by atoms with Crippen LogP contribution in [0.2, 0.25) is 0 Å². The second kappa shape index (κ2) is 5.69. The van der Waals surface area contributed by atoms with E-state index in [0.717, 1.165) is 34.4 Å². The molecule has 1 N–H and O–H groups in total. The summed E-state index contributed by atoms with van der Waals surface area (Å²) in [7, 11) is 0. The molecule has 0 amide bonds. The summed E-state index contributed by atoms with van der Waals surface area (Å²) in [5, 5.41) is 16.7. The largest absolute Gasteiger partial charge is 0.384 e. The summed E-state index contributed by atoms with van der Waals surface area (Å²) in [6, 6.07) is 6.62. The van der Waals surface area contributed by atoms with Crippen LogP contribution in [-0.4, -0.2) is 22.7 Å². The highest BCUT2D eigenvalue weighted by Gasteiger charge is 2.29. The van der Waals surface area contributed by atoms with E-state index >= 15 is 0 Å². The summed E-state index contributed by atoms with van der Waals surface area (Å²) in [4.78, 5) is 16.3. The Bertz CT molecular complexity index is 801. The molecule has 10 heteroatoms. The minimum absolute atomic E-state index is 0.00624. The normalized spacial score (nSPS) is 20.0. The maximum absolute atomic E-state index is 11.4. The third-order valence-corrected chi connectivity index (χ3v) is 4.56. The van der Waals surface area contributed by atoms with Crippen molar-refractivity contribution in [3.8, 4) is 5.75 Å². The van der Waals surface area contributed by atoms with Crippen molar-refractivity contribution in [1.82, 2.24) is 5.39 Å². The number of benzene rings is 2. The lowest BCUT2D eigenvalue weighted by Gasteiger charge is -2.23. The first-order valence-corrected chi connectivity index (χ1v) is 7.92. The Balaban J connectivity index is 1.87. The average Bonchev–Trinajstić information content (AvgIpc) is 2.93. The predicted octanol–water partition coefficient (Wildman–Crippen LogP) is 3.53. The molecule has 1 atom stereocenters. The molecule has 2 heterocycles. The first-order chi connectivity index (χ1) is 11.2. The van der Waals surface area contributed by atoms with Gasteiger partial charge in [0.1, 0.15) is 0 Å². The molecule has 0 aliphatic carbocycles. The van der Waals surface area contributed by atoms with E-state index in [1.54, 1.807) is 24.3 Å². The van der Waals surface area contributed by atoms with Crippen LogP contribution in [-0.2, 0) is 8.57 Å². The second-order valence-corrected chi connectivity index (χ2v) is 5.83. The third kappa shape index (κ3) is 2.46. The molecule has 1 saturated heterocycles. The van der Waals surface area contributed by atoms with Crippen molar-refractivity contribution in [3.05, 3.63) is 39.9 Å². The highest BCUT2D eigenvalue weighted by atomic mass is 35.5. The molecular weight excluding hydrogens is 346 g/mol.